The van der Waals surface area contributed by atoms with Crippen molar-refractivity contribution in [3.05, 3.63) is 59.9 Å². The van der Waals surface area contributed by atoms with E-state index in [1.165, 1.54) is 5.56 Å². The Morgan fingerprint density at radius 2 is 1.81 bits per heavy atom. The first-order valence-electron chi connectivity index (χ1n) is 10.8. The quantitative estimate of drug-likeness (QED) is 0.682. The van der Waals surface area contributed by atoms with Crippen LogP contribution in [-0.4, -0.2) is 38.3 Å². The second-order valence-electron chi connectivity index (χ2n) is 9.34. The summed E-state index contributed by atoms with van der Waals surface area (Å²) in [4.78, 5) is 31.4. The van der Waals surface area contributed by atoms with Crippen LogP contribution in [0.5, 0.6) is 0 Å². The molecule has 6 nitrogen and oxygen atoms in total. The maximum Gasteiger partial charge on any atom is 0.229 e. The summed E-state index contributed by atoms with van der Waals surface area (Å²) in [5, 5.41) is 2.97. The monoisotopic (exact) mass is 418 g/mol. The third-order valence-corrected chi connectivity index (χ3v) is 6.04. The van der Waals surface area contributed by atoms with Gasteiger partial charge < -0.3 is 14.8 Å². The van der Waals surface area contributed by atoms with Crippen molar-refractivity contribution in [2.45, 2.75) is 45.6 Å². The van der Waals surface area contributed by atoms with E-state index in [4.69, 9.17) is 4.98 Å². The summed E-state index contributed by atoms with van der Waals surface area (Å²) in [6.45, 7) is 6.47. The Morgan fingerprint density at radius 1 is 1.10 bits per heavy atom. The predicted octanol–water partition coefficient (Wildman–Crippen LogP) is 3.94. The second-order valence-corrected chi connectivity index (χ2v) is 9.34. The third-order valence-electron chi connectivity index (χ3n) is 6.04. The van der Waals surface area contributed by atoms with Crippen molar-refractivity contribution in [1.82, 2.24) is 14.5 Å². The topological polar surface area (TPSA) is 67.2 Å². The summed E-state index contributed by atoms with van der Waals surface area (Å²) >= 11 is 0. The molecule has 3 aromatic rings. The van der Waals surface area contributed by atoms with Crippen LogP contribution in [-0.2, 0) is 29.5 Å². The fraction of sp³-hybridized carbons (Fsp3) is 0.400. The highest BCUT2D eigenvalue weighted by molar-refractivity contribution is 5.97. The maximum atomic E-state index is 12.7. The Labute approximate surface area is 183 Å². The molecule has 4 rings (SSSR count). The minimum Gasteiger partial charge on any atom is -0.337 e. The van der Waals surface area contributed by atoms with Gasteiger partial charge in [0.2, 0.25) is 11.8 Å². The van der Waals surface area contributed by atoms with E-state index in [-0.39, 0.29) is 29.7 Å². The Morgan fingerprint density at radius 3 is 2.45 bits per heavy atom. The zero-order valence-electron chi connectivity index (χ0n) is 18.7. The lowest BCUT2D eigenvalue weighted by atomic mass is 10.1. The summed E-state index contributed by atoms with van der Waals surface area (Å²) in [7, 11) is 2.05. The summed E-state index contributed by atoms with van der Waals surface area (Å²) in [6, 6.07) is 16.1. The summed E-state index contributed by atoms with van der Waals surface area (Å²) in [5.41, 5.74) is 3.87. The van der Waals surface area contributed by atoms with Crippen LogP contribution in [0.15, 0.2) is 48.5 Å². The number of carbonyl (C=O) groups is 2. The van der Waals surface area contributed by atoms with Gasteiger partial charge in [-0.2, -0.15) is 0 Å². The van der Waals surface area contributed by atoms with Crippen LogP contribution in [0.1, 0.15) is 38.6 Å². The van der Waals surface area contributed by atoms with Gasteiger partial charge in [0.15, 0.2) is 0 Å². The van der Waals surface area contributed by atoms with Crippen LogP contribution in [0.4, 0.5) is 5.69 Å². The van der Waals surface area contributed by atoms with Gasteiger partial charge in [-0.05, 0) is 57.0 Å². The lowest BCUT2D eigenvalue weighted by Crippen LogP contribution is -2.42. The molecule has 2 amide bonds. The number of aromatic nitrogens is 2. The number of aryl methyl sites for hydroxylation is 3. The fourth-order valence-corrected chi connectivity index (χ4v) is 4.21. The number of hydrogen-bond donors (Lipinski definition) is 1. The lowest BCUT2D eigenvalue weighted by Gasteiger charge is -2.31. The first-order valence-corrected chi connectivity index (χ1v) is 10.8. The first-order chi connectivity index (χ1) is 14.7. The molecule has 1 saturated heterocycles. The van der Waals surface area contributed by atoms with Gasteiger partial charge in [0.1, 0.15) is 5.82 Å². The minimum absolute atomic E-state index is 0.0462. The average molecular weight is 419 g/mol. The maximum absolute atomic E-state index is 12.7. The number of benzene rings is 2. The highest BCUT2D eigenvalue weighted by Crippen LogP contribution is 2.27. The molecule has 1 N–H and O–H groups in total. The van der Waals surface area contributed by atoms with Crippen LogP contribution < -0.4 is 5.32 Å². The Balaban J connectivity index is 1.34. The number of carbonyl (C=O) groups excluding carboxylic acids is 2. The van der Waals surface area contributed by atoms with Crippen LogP contribution >= 0.6 is 0 Å². The molecule has 0 saturated carbocycles. The number of rotatable bonds is 5. The van der Waals surface area contributed by atoms with E-state index in [0.717, 1.165) is 35.4 Å². The van der Waals surface area contributed by atoms with E-state index in [1.807, 2.05) is 63.2 Å². The molecule has 2 heterocycles. The number of nitrogens with one attached hydrogen (secondary N) is 1. The van der Waals surface area contributed by atoms with Gasteiger partial charge in [0.05, 0.1) is 17.0 Å². The van der Waals surface area contributed by atoms with Crippen molar-refractivity contribution in [1.29, 1.82) is 0 Å². The number of hydrogen-bond acceptors (Lipinski definition) is 3. The highest BCUT2D eigenvalue weighted by atomic mass is 16.2. The molecule has 162 valence electrons. The van der Waals surface area contributed by atoms with Crippen LogP contribution in [0.2, 0.25) is 0 Å². The van der Waals surface area contributed by atoms with Gasteiger partial charge in [-0.1, -0.05) is 24.3 Å². The molecule has 0 bridgehead atoms. The Kier molecular flexibility index (Phi) is 5.56. The SMILES string of the molecule is Cn1c(CCc2ccc(NC(=O)C3CC(=O)N(C(C)(C)C)C3)cc2)nc2ccccc21. The second kappa shape index (κ2) is 8.17. The number of nitrogens with zero attached hydrogens (tertiary/aromatic N) is 3. The fourth-order valence-electron chi connectivity index (χ4n) is 4.21. The standard InChI is InChI=1S/C25H30N4O2/c1-25(2,3)29-16-18(15-23(29)30)24(31)26-19-12-9-17(10-13-19)11-14-22-27-20-7-5-6-8-21(20)28(22)4/h5-10,12-13,18H,11,14-16H2,1-4H3,(H,26,31). The largest absolute Gasteiger partial charge is 0.337 e. The van der Waals surface area contributed by atoms with Crippen LogP contribution in [0, 0.1) is 5.92 Å². The zero-order chi connectivity index (χ0) is 22.2. The van der Waals surface area contributed by atoms with Crippen molar-refractivity contribution in [2.24, 2.45) is 13.0 Å². The summed E-state index contributed by atoms with van der Waals surface area (Å²) < 4.78 is 2.15. The number of likely N-dealkylation sites (tertiary alicyclic amines) is 1. The van der Waals surface area contributed by atoms with Gasteiger partial charge in [0.25, 0.3) is 0 Å². The molecule has 31 heavy (non-hydrogen) atoms. The highest BCUT2D eigenvalue weighted by Gasteiger charge is 2.39. The van der Waals surface area contributed by atoms with Crippen molar-refractivity contribution < 1.29 is 9.59 Å². The molecular formula is C25H30N4O2. The van der Waals surface area contributed by atoms with Gasteiger partial charge in [0, 0.05) is 37.7 Å². The number of amides is 2. The number of imidazole rings is 1. The van der Waals surface area contributed by atoms with E-state index in [0.29, 0.717) is 6.54 Å². The van der Waals surface area contributed by atoms with Gasteiger partial charge >= 0.3 is 0 Å². The summed E-state index contributed by atoms with van der Waals surface area (Å²) in [6.07, 6.45) is 2.01. The molecule has 1 aliphatic heterocycles. The molecule has 1 aliphatic rings. The molecule has 2 aromatic carbocycles. The molecule has 0 radical (unpaired) electrons. The van der Waals surface area contributed by atoms with Gasteiger partial charge in [-0.15, -0.1) is 0 Å². The average Bonchev–Trinajstić information content (AvgIpc) is 3.28. The number of anilines is 1. The van der Waals surface area contributed by atoms with Crippen molar-refractivity contribution >= 4 is 28.5 Å². The summed E-state index contributed by atoms with van der Waals surface area (Å²) in [5.74, 6) is 0.717. The molecule has 1 aromatic heterocycles. The van der Waals surface area contributed by atoms with E-state index >= 15 is 0 Å². The zero-order valence-corrected chi connectivity index (χ0v) is 18.7. The predicted molar refractivity (Wildman–Crippen MR) is 123 cm³/mol. The number of fused-ring (bicyclic) bond motifs is 1. The smallest absolute Gasteiger partial charge is 0.229 e. The molecule has 0 spiro atoms. The Bertz CT molecular complexity index is 1110. The molecular weight excluding hydrogens is 388 g/mol. The van der Waals surface area contributed by atoms with E-state index in [2.05, 4.69) is 23.0 Å². The molecule has 0 aliphatic carbocycles. The van der Waals surface area contributed by atoms with Crippen molar-refractivity contribution in [3.8, 4) is 0 Å². The minimum atomic E-state index is -0.302. The third kappa shape index (κ3) is 4.48. The van der Waals surface area contributed by atoms with Crippen LogP contribution in [0.25, 0.3) is 11.0 Å². The molecule has 1 fully saturated rings. The Hall–Kier alpha value is -3.15. The lowest BCUT2D eigenvalue weighted by molar-refractivity contribution is -0.131. The van der Waals surface area contributed by atoms with Gasteiger partial charge in [-0.3, -0.25) is 9.59 Å². The number of para-hydroxylation sites is 2. The molecule has 1 atom stereocenters. The molecule has 6 heteroatoms. The van der Waals surface area contributed by atoms with Crippen molar-refractivity contribution in [2.75, 3.05) is 11.9 Å². The first kappa shape index (κ1) is 21.1. The van der Waals surface area contributed by atoms with Crippen molar-refractivity contribution in [3.63, 3.8) is 0 Å². The van der Waals surface area contributed by atoms with E-state index in [1.54, 1.807) is 4.90 Å². The van der Waals surface area contributed by atoms with Crippen LogP contribution in [0.3, 0.4) is 0 Å². The van der Waals surface area contributed by atoms with E-state index in [9.17, 15) is 9.59 Å². The van der Waals surface area contributed by atoms with E-state index < -0.39 is 0 Å². The normalized spacial score (nSPS) is 16.8. The van der Waals surface area contributed by atoms with Gasteiger partial charge in [-0.25, -0.2) is 4.98 Å². The molecule has 1 unspecified atom stereocenters.